The van der Waals surface area contributed by atoms with Crippen LogP contribution in [0.2, 0.25) is 10.0 Å². The summed E-state index contributed by atoms with van der Waals surface area (Å²) in [6.45, 7) is 2.52. The zero-order valence-electron chi connectivity index (χ0n) is 12.2. The van der Waals surface area contributed by atoms with E-state index in [1.165, 1.54) is 11.6 Å². The SMILES string of the molecule is Cc1ccc(NCc2cc(Cl)cc(Cl)c2O)cc1N(C)C. The number of aryl methyl sites for hydroxylation is 1. The van der Waals surface area contributed by atoms with Crippen LogP contribution >= 0.6 is 23.2 Å². The summed E-state index contributed by atoms with van der Waals surface area (Å²) in [7, 11) is 4.02. The lowest BCUT2D eigenvalue weighted by Crippen LogP contribution is -2.11. The Morgan fingerprint density at radius 1 is 1.14 bits per heavy atom. The number of hydrogen-bond acceptors (Lipinski definition) is 3. The Morgan fingerprint density at radius 2 is 1.86 bits per heavy atom. The van der Waals surface area contributed by atoms with Gasteiger partial charge in [0.15, 0.2) is 0 Å². The zero-order valence-corrected chi connectivity index (χ0v) is 13.8. The Labute approximate surface area is 135 Å². The smallest absolute Gasteiger partial charge is 0.139 e. The molecule has 0 aliphatic rings. The van der Waals surface area contributed by atoms with E-state index in [1.807, 2.05) is 20.2 Å². The van der Waals surface area contributed by atoms with Crippen LogP contribution in [0.15, 0.2) is 30.3 Å². The Kier molecular flexibility index (Phi) is 4.86. The van der Waals surface area contributed by atoms with E-state index in [-0.39, 0.29) is 10.8 Å². The summed E-state index contributed by atoms with van der Waals surface area (Å²) < 4.78 is 0. The van der Waals surface area contributed by atoms with Crippen LogP contribution in [-0.4, -0.2) is 19.2 Å². The molecule has 0 fully saturated rings. The Morgan fingerprint density at radius 3 is 2.52 bits per heavy atom. The van der Waals surface area contributed by atoms with E-state index in [0.717, 1.165) is 11.4 Å². The van der Waals surface area contributed by atoms with Gasteiger partial charge in [-0.2, -0.15) is 0 Å². The maximum Gasteiger partial charge on any atom is 0.139 e. The van der Waals surface area contributed by atoms with Gasteiger partial charge in [-0.25, -0.2) is 0 Å². The number of phenolic OH excluding ortho intramolecular Hbond substituents is 1. The van der Waals surface area contributed by atoms with Gasteiger partial charge in [-0.15, -0.1) is 0 Å². The van der Waals surface area contributed by atoms with Crippen LogP contribution in [0.25, 0.3) is 0 Å². The fourth-order valence-electron chi connectivity index (χ4n) is 2.15. The maximum absolute atomic E-state index is 9.95. The molecule has 112 valence electrons. The van der Waals surface area contributed by atoms with Crippen molar-refractivity contribution < 1.29 is 5.11 Å². The average molecular weight is 325 g/mol. The molecule has 0 saturated heterocycles. The monoisotopic (exact) mass is 324 g/mol. The highest BCUT2D eigenvalue weighted by Crippen LogP contribution is 2.32. The molecule has 0 saturated carbocycles. The number of rotatable bonds is 4. The molecule has 0 radical (unpaired) electrons. The van der Waals surface area contributed by atoms with Gasteiger partial charge in [0.05, 0.1) is 5.02 Å². The fraction of sp³-hybridized carbons (Fsp3) is 0.250. The van der Waals surface area contributed by atoms with Crippen LogP contribution in [0, 0.1) is 6.92 Å². The molecule has 0 aliphatic carbocycles. The number of aromatic hydroxyl groups is 1. The van der Waals surface area contributed by atoms with Crippen LogP contribution in [-0.2, 0) is 6.54 Å². The molecule has 0 heterocycles. The van der Waals surface area contributed by atoms with Crippen molar-refractivity contribution in [3.05, 3.63) is 51.5 Å². The summed E-state index contributed by atoms with van der Waals surface area (Å²) in [6.07, 6.45) is 0. The van der Waals surface area contributed by atoms with Crippen molar-refractivity contribution >= 4 is 34.6 Å². The second-order valence-electron chi connectivity index (χ2n) is 5.14. The van der Waals surface area contributed by atoms with Crippen LogP contribution in [0.5, 0.6) is 5.75 Å². The first-order valence-electron chi connectivity index (χ1n) is 6.57. The third kappa shape index (κ3) is 3.74. The standard InChI is InChI=1S/C16H18Cl2N2O/c1-10-4-5-13(8-15(10)20(2)3)19-9-11-6-12(17)7-14(18)16(11)21/h4-8,19,21H,9H2,1-3H3. The van der Waals surface area contributed by atoms with Crippen LogP contribution < -0.4 is 10.2 Å². The molecule has 0 bridgehead atoms. The van der Waals surface area contributed by atoms with Crippen LogP contribution in [0.1, 0.15) is 11.1 Å². The third-order valence-electron chi connectivity index (χ3n) is 3.28. The number of phenols is 1. The topological polar surface area (TPSA) is 35.5 Å². The second kappa shape index (κ2) is 6.46. The van der Waals surface area contributed by atoms with Crippen molar-refractivity contribution in [2.24, 2.45) is 0 Å². The van der Waals surface area contributed by atoms with E-state index in [2.05, 4.69) is 29.3 Å². The third-order valence-corrected chi connectivity index (χ3v) is 3.79. The normalized spacial score (nSPS) is 10.5. The van der Waals surface area contributed by atoms with Crippen LogP contribution in [0.4, 0.5) is 11.4 Å². The highest BCUT2D eigenvalue weighted by molar-refractivity contribution is 6.35. The quantitative estimate of drug-likeness (QED) is 0.856. The molecule has 2 N–H and O–H groups in total. The van der Waals surface area contributed by atoms with E-state index in [4.69, 9.17) is 23.2 Å². The van der Waals surface area contributed by atoms with Gasteiger partial charge >= 0.3 is 0 Å². The molecule has 0 amide bonds. The summed E-state index contributed by atoms with van der Waals surface area (Å²) in [5.74, 6) is 0.0634. The lowest BCUT2D eigenvalue weighted by atomic mass is 10.1. The van der Waals surface area contributed by atoms with Gasteiger partial charge < -0.3 is 15.3 Å². The molecule has 21 heavy (non-hydrogen) atoms. The molecule has 0 spiro atoms. The van der Waals surface area contributed by atoms with Gasteiger partial charge in [-0.3, -0.25) is 0 Å². The van der Waals surface area contributed by atoms with Gasteiger partial charge in [-0.05, 0) is 36.8 Å². The van der Waals surface area contributed by atoms with E-state index in [9.17, 15) is 5.11 Å². The first-order chi connectivity index (χ1) is 9.88. The first kappa shape index (κ1) is 15.8. The largest absolute Gasteiger partial charge is 0.506 e. The summed E-state index contributed by atoms with van der Waals surface area (Å²) in [5, 5.41) is 14.0. The van der Waals surface area contributed by atoms with Crippen molar-refractivity contribution in [3.63, 3.8) is 0 Å². The summed E-state index contributed by atoms with van der Waals surface area (Å²) in [4.78, 5) is 2.06. The van der Waals surface area contributed by atoms with E-state index >= 15 is 0 Å². The predicted octanol–water partition coefficient (Wildman–Crippen LogP) is 4.69. The minimum absolute atomic E-state index is 0.0634. The van der Waals surface area contributed by atoms with Gasteiger partial charge in [0.2, 0.25) is 0 Å². The zero-order chi connectivity index (χ0) is 15.6. The molecule has 0 atom stereocenters. The Balaban J connectivity index is 2.19. The van der Waals surface area contributed by atoms with E-state index < -0.39 is 0 Å². The van der Waals surface area contributed by atoms with Crippen molar-refractivity contribution in [2.45, 2.75) is 13.5 Å². The Hall–Kier alpha value is -1.58. The predicted molar refractivity (Wildman–Crippen MR) is 91.0 cm³/mol. The van der Waals surface area contributed by atoms with E-state index in [1.54, 1.807) is 6.07 Å². The van der Waals surface area contributed by atoms with Gasteiger partial charge in [0, 0.05) is 42.6 Å². The lowest BCUT2D eigenvalue weighted by molar-refractivity contribution is 0.469. The molecule has 2 aromatic carbocycles. The fourth-order valence-corrected chi connectivity index (χ4v) is 2.69. The molecule has 0 aromatic heterocycles. The summed E-state index contributed by atoms with van der Waals surface area (Å²) in [6, 6.07) is 9.36. The van der Waals surface area contributed by atoms with E-state index in [0.29, 0.717) is 17.1 Å². The van der Waals surface area contributed by atoms with Crippen molar-refractivity contribution in [1.29, 1.82) is 0 Å². The molecule has 2 rings (SSSR count). The number of nitrogens with zero attached hydrogens (tertiary/aromatic N) is 1. The number of halogens is 2. The molecule has 3 nitrogen and oxygen atoms in total. The van der Waals surface area contributed by atoms with Crippen molar-refractivity contribution in [2.75, 3.05) is 24.3 Å². The maximum atomic E-state index is 9.95. The molecule has 0 unspecified atom stereocenters. The molecular formula is C16H18Cl2N2O. The highest BCUT2D eigenvalue weighted by atomic mass is 35.5. The number of nitrogens with one attached hydrogen (secondary N) is 1. The summed E-state index contributed by atoms with van der Waals surface area (Å²) >= 11 is 11.9. The number of hydrogen-bond donors (Lipinski definition) is 2. The van der Waals surface area contributed by atoms with Crippen LogP contribution in [0.3, 0.4) is 0 Å². The lowest BCUT2D eigenvalue weighted by Gasteiger charge is -2.17. The number of anilines is 2. The second-order valence-corrected chi connectivity index (χ2v) is 5.99. The van der Waals surface area contributed by atoms with Gasteiger partial charge in [0.25, 0.3) is 0 Å². The Bertz CT molecular complexity index is 657. The molecule has 5 heteroatoms. The molecule has 2 aromatic rings. The average Bonchev–Trinajstić information content (AvgIpc) is 2.42. The number of benzene rings is 2. The molecule has 0 aliphatic heterocycles. The van der Waals surface area contributed by atoms with Crippen molar-refractivity contribution in [1.82, 2.24) is 0 Å². The highest BCUT2D eigenvalue weighted by Gasteiger charge is 2.08. The van der Waals surface area contributed by atoms with Crippen molar-refractivity contribution in [3.8, 4) is 5.75 Å². The first-order valence-corrected chi connectivity index (χ1v) is 7.33. The summed E-state index contributed by atoms with van der Waals surface area (Å²) in [5.41, 5.74) is 3.99. The minimum atomic E-state index is 0.0634. The molecular weight excluding hydrogens is 307 g/mol. The van der Waals surface area contributed by atoms with Gasteiger partial charge in [-0.1, -0.05) is 29.3 Å². The minimum Gasteiger partial charge on any atom is -0.506 e. The van der Waals surface area contributed by atoms with Gasteiger partial charge in [0.1, 0.15) is 5.75 Å².